The number of hydrogen-bond donors (Lipinski definition) is 1. The molecule has 0 spiro atoms. The predicted octanol–water partition coefficient (Wildman–Crippen LogP) is 4.23. The quantitative estimate of drug-likeness (QED) is 0.781. The molecule has 20 heavy (non-hydrogen) atoms. The molecule has 0 bridgehead atoms. The fourth-order valence-electron chi connectivity index (χ4n) is 2.30. The van der Waals surface area contributed by atoms with Crippen LogP contribution in [0.4, 0.5) is 0 Å². The Hall–Kier alpha value is -0.930. The van der Waals surface area contributed by atoms with Gasteiger partial charge in [0, 0.05) is 11.1 Å². The molecule has 0 aromatic heterocycles. The van der Waals surface area contributed by atoms with E-state index in [1.165, 1.54) is 0 Å². The van der Waals surface area contributed by atoms with Crippen molar-refractivity contribution in [1.82, 2.24) is 0 Å². The van der Waals surface area contributed by atoms with E-state index >= 15 is 0 Å². The van der Waals surface area contributed by atoms with E-state index in [4.69, 9.17) is 21.1 Å². The van der Waals surface area contributed by atoms with E-state index in [9.17, 15) is 5.11 Å². The highest BCUT2D eigenvalue weighted by atomic mass is 35.5. The van der Waals surface area contributed by atoms with Crippen LogP contribution in [0.3, 0.4) is 0 Å². The number of methoxy groups -OCH3 is 2. The summed E-state index contributed by atoms with van der Waals surface area (Å²) in [6.45, 7) is 4.04. The number of ether oxygens (including phenoxy) is 2. The van der Waals surface area contributed by atoms with Gasteiger partial charge in [-0.3, -0.25) is 0 Å². The van der Waals surface area contributed by atoms with Crippen molar-refractivity contribution in [2.24, 2.45) is 0 Å². The second-order valence-corrected chi connectivity index (χ2v) is 5.49. The van der Waals surface area contributed by atoms with Crippen molar-refractivity contribution in [3.8, 4) is 11.5 Å². The Labute approximate surface area is 126 Å². The van der Waals surface area contributed by atoms with Crippen molar-refractivity contribution in [2.75, 3.05) is 14.2 Å². The zero-order valence-electron chi connectivity index (χ0n) is 12.8. The van der Waals surface area contributed by atoms with Crippen LogP contribution in [0.5, 0.6) is 11.5 Å². The molecule has 0 heterocycles. The maximum absolute atomic E-state index is 10.3. The first-order valence-electron chi connectivity index (χ1n) is 7.12. The van der Waals surface area contributed by atoms with E-state index < -0.39 is 5.60 Å². The molecule has 0 aliphatic rings. The summed E-state index contributed by atoms with van der Waals surface area (Å²) in [5, 5.41) is 11.0. The summed E-state index contributed by atoms with van der Waals surface area (Å²) in [4.78, 5) is 0. The lowest BCUT2D eigenvalue weighted by molar-refractivity contribution is 0.0218. The van der Waals surface area contributed by atoms with Crippen LogP contribution in [-0.4, -0.2) is 24.9 Å². The summed E-state index contributed by atoms with van der Waals surface area (Å²) in [6, 6.07) is 3.69. The van der Waals surface area contributed by atoms with E-state index in [1.54, 1.807) is 20.3 Å². The molecule has 1 N–H and O–H groups in total. The summed E-state index contributed by atoms with van der Waals surface area (Å²) in [7, 11) is 3.21. The summed E-state index contributed by atoms with van der Waals surface area (Å²) in [5.41, 5.74) is 0.474. The minimum Gasteiger partial charge on any atom is -0.493 e. The van der Waals surface area contributed by atoms with E-state index in [1.807, 2.05) is 19.9 Å². The maximum Gasteiger partial charge on any atom is 0.162 e. The maximum atomic E-state index is 10.3. The second-order valence-electron chi connectivity index (χ2n) is 5.08. The first-order valence-corrected chi connectivity index (χ1v) is 7.50. The SMILES string of the molecule is CCC(O)(CC)CCCc1cc(OC)c(OC)cc1Cl. The molecule has 114 valence electrons. The summed E-state index contributed by atoms with van der Waals surface area (Å²) < 4.78 is 10.5. The Kier molecular flexibility index (Phi) is 6.63. The van der Waals surface area contributed by atoms with Crippen LogP contribution in [0, 0.1) is 0 Å². The first-order chi connectivity index (χ1) is 9.49. The van der Waals surface area contributed by atoms with Crippen LogP contribution < -0.4 is 9.47 Å². The van der Waals surface area contributed by atoms with Gasteiger partial charge < -0.3 is 14.6 Å². The smallest absolute Gasteiger partial charge is 0.162 e. The molecule has 0 fully saturated rings. The third-order valence-corrected chi connectivity index (χ3v) is 4.31. The highest BCUT2D eigenvalue weighted by Gasteiger charge is 2.21. The van der Waals surface area contributed by atoms with E-state index in [0.29, 0.717) is 16.5 Å². The van der Waals surface area contributed by atoms with Crippen molar-refractivity contribution < 1.29 is 14.6 Å². The Morgan fingerprint density at radius 1 is 1.10 bits per heavy atom. The average Bonchev–Trinajstić information content (AvgIpc) is 2.48. The molecule has 1 aromatic carbocycles. The van der Waals surface area contributed by atoms with Gasteiger partial charge in [-0.2, -0.15) is 0 Å². The van der Waals surface area contributed by atoms with Gasteiger partial charge >= 0.3 is 0 Å². The van der Waals surface area contributed by atoms with Gasteiger partial charge in [-0.05, 0) is 43.7 Å². The average molecular weight is 301 g/mol. The van der Waals surface area contributed by atoms with Crippen molar-refractivity contribution >= 4 is 11.6 Å². The zero-order valence-corrected chi connectivity index (χ0v) is 13.6. The highest BCUT2D eigenvalue weighted by Crippen LogP contribution is 2.34. The molecule has 0 saturated carbocycles. The number of rotatable bonds is 8. The molecular formula is C16H25ClO3. The van der Waals surface area contributed by atoms with Crippen LogP contribution in [0.15, 0.2) is 12.1 Å². The third kappa shape index (κ3) is 4.29. The van der Waals surface area contributed by atoms with Crippen LogP contribution in [0.1, 0.15) is 45.1 Å². The minimum atomic E-state index is -0.553. The third-order valence-electron chi connectivity index (χ3n) is 3.96. The molecule has 0 aliphatic carbocycles. The van der Waals surface area contributed by atoms with Crippen molar-refractivity contribution in [3.05, 3.63) is 22.7 Å². The fraction of sp³-hybridized carbons (Fsp3) is 0.625. The van der Waals surface area contributed by atoms with Crippen molar-refractivity contribution in [3.63, 3.8) is 0 Å². The molecule has 4 heteroatoms. The number of aryl methyl sites for hydroxylation is 1. The lowest BCUT2D eigenvalue weighted by atomic mass is 9.90. The molecule has 0 aliphatic heterocycles. The van der Waals surface area contributed by atoms with Crippen LogP contribution in [0.2, 0.25) is 5.02 Å². The summed E-state index contributed by atoms with van der Waals surface area (Å²) >= 11 is 6.26. The summed E-state index contributed by atoms with van der Waals surface area (Å²) in [6.07, 6.45) is 4.06. The number of aliphatic hydroxyl groups is 1. The Bertz CT molecular complexity index is 428. The molecular weight excluding hydrogens is 276 g/mol. The predicted molar refractivity (Wildman–Crippen MR) is 83.0 cm³/mol. The normalized spacial score (nSPS) is 11.5. The van der Waals surface area contributed by atoms with Crippen LogP contribution in [-0.2, 0) is 6.42 Å². The molecule has 1 rings (SSSR count). The number of halogens is 1. The van der Waals surface area contributed by atoms with Gasteiger partial charge in [-0.15, -0.1) is 0 Å². The van der Waals surface area contributed by atoms with Crippen LogP contribution >= 0.6 is 11.6 Å². The minimum absolute atomic E-state index is 0.553. The molecule has 0 amide bonds. The van der Waals surface area contributed by atoms with E-state index in [0.717, 1.165) is 37.7 Å². The van der Waals surface area contributed by atoms with Crippen molar-refractivity contribution in [2.45, 2.75) is 51.6 Å². The summed E-state index contributed by atoms with van der Waals surface area (Å²) in [5.74, 6) is 1.33. The van der Waals surface area contributed by atoms with Gasteiger partial charge in [0.25, 0.3) is 0 Å². The first kappa shape index (κ1) is 17.1. The van der Waals surface area contributed by atoms with Gasteiger partial charge in [0.15, 0.2) is 11.5 Å². The van der Waals surface area contributed by atoms with Crippen molar-refractivity contribution in [1.29, 1.82) is 0 Å². The molecule has 3 nitrogen and oxygen atoms in total. The molecule has 0 radical (unpaired) electrons. The van der Waals surface area contributed by atoms with Gasteiger partial charge in [0.1, 0.15) is 0 Å². The monoisotopic (exact) mass is 300 g/mol. The Morgan fingerprint density at radius 3 is 2.15 bits per heavy atom. The molecule has 0 unspecified atom stereocenters. The van der Waals surface area contributed by atoms with E-state index in [-0.39, 0.29) is 0 Å². The molecule has 0 saturated heterocycles. The van der Waals surface area contributed by atoms with Gasteiger partial charge in [-0.25, -0.2) is 0 Å². The zero-order chi connectivity index (χ0) is 15.2. The van der Waals surface area contributed by atoms with E-state index in [2.05, 4.69) is 0 Å². The largest absolute Gasteiger partial charge is 0.493 e. The van der Waals surface area contributed by atoms with Gasteiger partial charge in [-0.1, -0.05) is 25.4 Å². The Balaban J connectivity index is 2.73. The Morgan fingerprint density at radius 2 is 1.65 bits per heavy atom. The standard InChI is InChI=1S/C16H25ClO3/c1-5-16(18,6-2)9-7-8-12-10-14(19-3)15(20-4)11-13(12)17/h10-11,18H,5-9H2,1-4H3. The van der Waals surface area contributed by atoms with Gasteiger partial charge in [0.05, 0.1) is 19.8 Å². The highest BCUT2D eigenvalue weighted by molar-refractivity contribution is 6.31. The number of hydrogen-bond acceptors (Lipinski definition) is 3. The topological polar surface area (TPSA) is 38.7 Å². The lowest BCUT2D eigenvalue weighted by Gasteiger charge is -2.25. The molecule has 0 atom stereocenters. The lowest BCUT2D eigenvalue weighted by Crippen LogP contribution is -2.26. The number of benzene rings is 1. The molecule has 1 aromatic rings. The van der Waals surface area contributed by atoms with Gasteiger partial charge in [0.2, 0.25) is 0 Å². The second kappa shape index (κ2) is 7.75. The fourth-order valence-corrected chi connectivity index (χ4v) is 2.55. The van der Waals surface area contributed by atoms with Crippen LogP contribution in [0.25, 0.3) is 0 Å².